The molecule has 0 bridgehead atoms. The van der Waals surface area contributed by atoms with Crippen molar-refractivity contribution in [1.82, 2.24) is 9.97 Å². The summed E-state index contributed by atoms with van der Waals surface area (Å²) in [5.74, 6) is 1.84. The zero-order valence-corrected chi connectivity index (χ0v) is 18.8. The van der Waals surface area contributed by atoms with Gasteiger partial charge in [0.05, 0.1) is 5.69 Å². The van der Waals surface area contributed by atoms with Gasteiger partial charge in [0.2, 0.25) is 5.95 Å². The first-order valence-electron chi connectivity index (χ1n) is 11.0. The van der Waals surface area contributed by atoms with Crippen molar-refractivity contribution in [2.75, 3.05) is 29.2 Å². The van der Waals surface area contributed by atoms with Gasteiger partial charge < -0.3 is 20.9 Å². The van der Waals surface area contributed by atoms with E-state index in [1.54, 1.807) is 0 Å². The minimum Gasteiger partial charge on any atom is -0.376 e. The zero-order valence-electron chi connectivity index (χ0n) is 18.0. The second kappa shape index (κ2) is 9.16. The second-order valence-electron chi connectivity index (χ2n) is 8.59. The summed E-state index contributed by atoms with van der Waals surface area (Å²) in [6.07, 6.45) is 8.76. The molecule has 0 unspecified atom stereocenters. The van der Waals surface area contributed by atoms with Crippen molar-refractivity contribution >= 4 is 34.8 Å². The lowest BCUT2D eigenvalue weighted by Gasteiger charge is -2.37. The Hall–Kier alpha value is -2.41. The molecule has 0 atom stereocenters. The highest BCUT2D eigenvalue weighted by Crippen LogP contribution is 2.31. The van der Waals surface area contributed by atoms with E-state index in [1.165, 1.54) is 24.1 Å². The lowest BCUT2D eigenvalue weighted by atomic mass is 9.90. The van der Waals surface area contributed by atoms with E-state index in [9.17, 15) is 0 Å². The number of hydrogen-bond acceptors (Lipinski definition) is 5. The molecule has 1 fully saturated rings. The lowest BCUT2D eigenvalue weighted by molar-refractivity contribution is 0.409. The first kappa shape index (κ1) is 20.8. The van der Waals surface area contributed by atoms with Crippen molar-refractivity contribution < 1.29 is 0 Å². The Labute approximate surface area is 184 Å². The molecule has 160 valence electrons. The number of anilines is 3. The number of para-hydroxylation sites is 1. The van der Waals surface area contributed by atoms with Gasteiger partial charge in [-0.1, -0.05) is 18.2 Å². The van der Waals surface area contributed by atoms with Crippen LogP contribution in [0.4, 0.5) is 17.5 Å². The van der Waals surface area contributed by atoms with Crippen LogP contribution in [0.15, 0.2) is 30.3 Å². The largest absolute Gasteiger partial charge is 0.376 e. The fourth-order valence-corrected chi connectivity index (χ4v) is 5.03. The average Bonchev–Trinajstić information content (AvgIpc) is 2.75. The van der Waals surface area contributed by atoms with Gasteiger partial charge in [0, 0.05) is 37.4 Å². The SMILES string of the molecule is CN(C)c1nc(NC2CCC(N(C(N)=S)c3ccccc3)CC2)nc2c1CCCC2. The number of aryl methyl sites for hydroxylation is 1. The maximum Gasteiger partial charge on any atom is 0.225 e. The monoisotopic (exact) mass is 424 g/mol. The standard InChI is InChI=1S/C23H32N6S/c1-28(2)21-19-10-6-7-11-20(19)26-23(27-21)25-16-12-14-18(15-13-16)29(22(24)30)17-8-4-3-5-9-17/h3-5,8-9,16,18H,6-7,10-15H2,1-2H3,(H2,24,30)(H,25,26,27). The second-order valence-corrected chi connectivity index (χ2v) is 9.01. The molecule has 2 aromatic rings. The summed E-state index contributed by atoms with van der Waals surface area (Å²) in [5, 5.41) is 4.07. The predicted molar refractivity (Wildman–Crippen MR) is 128 cm³/mol. The molecule has 1 aromatic carbocycles. The summed E-state index contributed by atoms with van der Waals surface area (Å²) in [6.45, 7) is 0. The number of fused-ring (bicyclic) bond motifs is 1. The number of thiocarbonyl (C=S) groups is 1. The van der Waals surface area contributed by atoms with Gasteiger partial charge in [-0.2, -0.15) is 4.98 Å². The van der Waals surface area contributed by atoms with E-state index in [1.807, 2.05) is 18.2 Å². The van der Waals surface area contributed by atoms with Crippen LogP contribution in [-0.2, 0) is 12.8 Å². The average molecular weight is 425 g/mol. The molecule has 7 heteroatoms. The predicted octanol–water partition coefficient (Wildman–Crippen LogP) is 3.89. The topological polar surface area (TPSA) is 70.3 Å². The van der Waals surface area contributed by atoms with Gasteiger partial charge in [0.15, 0.2) is 5.11 Å². The first-order chi connectivity index (χ1) is 14.5. The maximum atomic E-state index is 6.08. The molecule has 2 aliphatic rings. The number of nitrogens with one attached hydrogen (secondary N) is 1. The molecule has 0 radical (unpaired) electrons. The molecular weight excluding hydrogens is 392 g/mol. The summed E-state index contributed by atoms with van der Waals surface area (Å²) < 4.78 is 0. The Morgan fingerprint density at radius 1 is 1.03 bits per heavy atom. The van der Waals surface area contributed by atoms with Crippen LogP contribution < -0.4 is 20.9 Å². The Kier molecular flexibility index (Phi) is 6.37. The Morgan fingerprint density at radius 3 is 2.40 bits per heavy atom. The third-order valence-corrected chi connectivity index (χ3v) is 6.45. The molecule has 6 nitrogen and oxygen atoms in total. The van der Waals surface area contributed by atoms with E-state index in [0.29, 0.717) is 17.2 Å². The highest BCUT2D eigenvalue weighted by atomic mass is 32.1. The van der Waals surface area contributed by atoms with Gasteiger partial charge in [0.1, 0.15) is 5.82 Å². The third kappa shape index (κ3) is 4.51. The van der Waals surface area contributed by atoms with E-state index in [0.717, 1.165) is 56.0 Å². The first-order valence-corrected chi connectivity index (χ1v) is 11.4. The number of aromatic nitrogens is 2. The molecule has 0 amide bonds. The molecule has 30 heavy (non-hydrogen) atoms. The molecule has 2 aliphatic carbocycles. The number of nitrogens with zero attached hydrogens (tertiary/aromatic N) is 4. The van der Waals surface area contributed by atoms with E-state index < -0.39 is 0 Å². The maximum absolute atomic E-state index is 6.08. The summed E-state index contributed by atoms with van der Waals surface area (Å²) >= 11 is 5.37. The molecule has 1 heterocycles. The van der Waals surface area contributed by atoms with Crippen LogP contribution in [-0.4, -0.2) is 41.3 Å². The van der Waals surface area contributed by atoms with Gasteiger partial charge in [-0.3, -0.25) is 0 Å². The zero-order chi connectivity index (χ0) is 21.1. The van der Waals surface area contributed by atoms with Crippen LogP contribution in [0.2, 0.25) is 0 Å². The Balaban J connectivity index is 1.44. The fourth-order valence-electron chi connectivity index (χ4n) is 4.78. The summed E-state index contributed by atoms with van der Waals surface area (Å²) in [5.41, 5.74) is 9.71. The lowest BCUT2D eigenvalue weighted by Crippen LogP contribution is -2.46. The minimum absolute atomic E-state index is 0.338. The summed E-state index contributed by atoms with van der Waals surface area (Å²) in [6, 6.07) is 10.9. The van der Waals surface area contributed by atoms with Crippen LogP contribution >= 0.6 is 12.2 Å². The highest BCUT2D eigenvalue weighted by molar-refractivity contribution is 7.80. The molecule has 4 rings (SSSR count). The van der Waals surface area contributed by atoms with Crippen LogP contribution in [0.5, 0.6) is 0 Å². The molecule has 0 saturated heterocycles. The van der Waals surface area contributed by atoms with Crippen molar-refractivity contribution in [3.05, 3.63) is 41.6 Å². The van der Waals surface area contributed by atoms with Gasteiger partial charge >= 0.3 is 0 Å². The molecule has 0 aliphatic heterocycles. The van der Waals surface area contributed by atoms with E-state index in [2.05, 4.69) is 41.3 Å². The number of hydrogen-bond donors (Lipinski definition) is 2. The smallest absolute Gasteiger partial charge is 0.225 e. The van der Waals surface area contributed by atoms with Crippen LogP contribution in [0.25, 0.3) is 0 Å². The van der Waals surface area contributed by atoms with Gasteiger partial charge in [0.25, 0.3) is 0 Å². The molecule has 1 saturated carbocycles. The van der Waals surface area contributed by atoms with Crippen molar-refractivity contribution in [1.29, 1.82) is 0 Å². The Morgan fingerprint density at radius 2 is 1.73 bits per heavy atom. The highest BCUT2D eigenvalue weighted by Gasteiger charge is 2.28. The third-order valence-electron chi connectivity index (χ3n) is 6.25. The molecular formula is C23H32N6S. The summed E-state index contributed by atoms with van der Waals surface area (Å²) in [7, 11) is 4.14. The normalized spacial score (nSPS) is 20.9. The fraction of sp³-hybridized carbons (Fsp3) is 0.522. The van der Waals surface area contributed by atoms with Gasteiger partial charge in [-0.25, -0.2) is 4.98 Å². The van der Waals surface area contributed by atoms with Crippen molar-refractivity contribution in [2.45, 2.75) is 63.5 Å². The van der Waals surface area contributed by atoms with Crippen LogP contribution in [0.1, 0.15) is 49.8 Å². The molecule has 1 aromatic heterocycles. The summed E-state index contributed by atoms with van der Waals surface area (Å²) in [4.78, 5) is 14.0. The molecule has 0 spiro atoms. The van der Waals surface area contributed by atoms with Crippen LogP contribution in [0.3, 0.4) is 0 Å². The van der Waals surface area contributed by atoms with E-state index >= 15 is 0 Å². The van der Waals surface area contributed by atoms with Gasteiger partial charge in [-0.15, -0.1) is 0 Å². The number of nitrogens with two attached hydrogens (primary N) is 1. The quantitative estimate of drug-likeness (QED) is 0.706. The van der Waals surface area contributed by atoms with Crippen molar-refractivity contribution in [2.24, 2.45) is 5.73 Å². The van der Waals surface area contributed by atoms with Crippen molar-refractivity contribution in [3.8, 4) is 0 Å². The molecule has 3 N–H and O–H groups in total. The minimum atomic E-state index is 0.338. The van der Waals surface area contributed by atoms with Crippen molar-refractivity contribution in [3.63, 3.8) is 0 Å². The Bertz CT molecular complexity index is 877. The van der Waals surface area contributed by atoms with E-state index in [4.69, 9.17) is 27.9 Å². The number of rotatable bonds is 5. The number of benzene rings is 1. The van der Waals surface area contributed by atoms with Gasteiger partial charge in [-0.05, 0) is 75.7 Å². The van der Waals surface area contributed by atoms with E-state index in [-0.39, 0.29) is 0 Å². The van der Waals surface area contributed by atoms with Crippen LogP contribution in [0, 0.1) is 0 Å².